The van der Waals surface area contributed by atoms with Gasteiger partial charge in [-0.3, -0.25) is 4.98 Å². The molecule has 1 heterocycles. The van der Waals surface area contributed by atoms with Crippen LogP contribution in [0.3, 0.4) is 0 Å². The van der Waals surface area contributed by atoms with E-state index in [0.717, 1.165) is 11.3 Å². The maximum atomic E-state index is 13.0. The van der Waals surface area contributed by atoms with E-state index in [9.17, 15) is 4.39 Å². The molecule has 82 valence electrons. The van der Waals surface area contributed by atoms with E-state index in [1.165, 1.54) is 6.07 Å². The van der Waals surface area contributed by atoms with Gasteiger partial charge in [-0.15, -0.1) is 0 Å². The normalized spacial score (nSPS) is 12.1. The summed E-state index contributed by atoms with van der Waals surface area (Å²) in [5, 5.41) is 3.28. The molecule has 2 rings (SSSR count). The lowest BCUT2D eigenvalue weighted by Crippen LogP contribution is -2.06. The van der Waals surface area contributed by atoms with E-state index < -0.39 is 0 Å². The van der Waals surface area contributed by atoms with Crippen molar-refractivity contribution in [2.45, 2.75) is 13.0 Å². The van der Waals surface area contributed by atoms with Gasteiger partial charge in [0.2, 0.25) is 0 Å². The monoisotopic (exact) mass is 216 g/mol. The molecule has 0 aliphatic rings. The fourth-order valence-electron chi connectivity index (χ4n) is 1.56. The highest BCUT2D eigenvalue weighted by Gasteiger charge is 2.05. The maximum Gasteiger partial charge on any atom is 0.123 e. The summed E-state index contributed by atoms with van der Waals surface area (Å²) in [6, 6.07) is 10.4. The van der Waals surface area contributed by atoms with Gasteiger partial charge in [0.1, 0.15) is 5.82 Å². The third-order valence-electron chi connectivity index (χ3n) is 2.41. The Morgan fingerprint density at radius 1 is 1.19 bits per heavy atom. The molecule has 0 bridgehead atoms. The molecule has 3 heteroatoms. The van der Waals surface area contributed by atoms with Crippen molar-refractivity contribution in [2.75, 3.05) is 5.32 Å². The van der Waals surface area contributed by atoms with E-state index in [4.69, 9.17) is 0 Å². The van der Waals surface area contributed by atoms with Gasteiger partial charge >= 0.3 is 0 Å². The smallest absolute Gasteiger partial charge is 0.123 e. The summed E-state index contributed by atoms with van der Waals surface area (Å²) in [5.41, 5.74) is 1.91. The van der Waals surface area contributed by atoms with Gasteiger partial charge in [-0.1, -0.05) is 12.1 Å². The number of benzene rings is 1. The van der Waals surface area contributed by atoms with Crippen LogP contribution in [0.2, 0.25) is 0 Å². The first-order valence-corrected chi connectivity index (χ1v) is 5.18. The molecule has 0 amide bonds. The standard InChI is InChI=1S/C13H13FN2/c1-10(11-3-2-4-12(14)9-11)16-13-5-7-15-8-6-13/h2-10H,1H3,(H,15,16). The number of rotatable bonds is 3. The molecule has 1 N–H and O–H groups in total. The molecule has 0 aliphatic carbocycles. The number of pyridine rings is 1. The van der Waals surface area contributed by atoms with E-state index >= 15 is 0 Å². The number of anilines is 1. The highest BCUT2D eigenvalue weighted by molar-refractivity contribution is 5.43. The quantitative estimate of drug-likeness (QED) is 0.850. The first-order chi connectivity index (χ1) is 7.75. The van der Waals surface area contributed by atoms with E-state index in [0.29, 0.717) is 0 Å². The fraction of sp³-hybridized carbons (Fsp3) is 0.154. The lowest BCUT2D eigenvalue weighted by Gasteiger charge is -2.15. The van der Waals surface area contributed by atoms with Crippen molar-refractivity contribution >= 4 is 5.69 Å². The van der Waals surface area contributed by atoms with Gasteiger partial charge < -0.3 is 5.32 Å². The van der Waals surface area contributed by atoms with Crippen molar-refractivity contribution < 1.29 is 4.39 Å². The van der Waals surface area contributed by atoms with Crippen LogP contribution in [0, 0.1) is 5.82 Å². The highest BCUT2D eigenvalue weighted by Crippen LogP contribution is 2.18. The molecule has 0 fully saturated rings. The number of nitrogens with zero attached hydrogens (tertiary/aromatic N) is 1. The highest BCUT2D eigenvalue weighted by atomic mass is 19.1. The molecule has 0 saturated heterocycles. The van der Waals surface area contributed by atoms with Gasteiger partial charge in [0, 0.05) is 24.1 Å². The zero-order chi connectivity index (χ0) is 11.4. The van der Waals surface area contributed by atoms with Crippen LogP contribution >= 0.6 is 0 Å². The summed E-state index contributed by atoms with van der Waals surface area (Å²) in [4.78, 5) is 3.94. The minimum atomic E-state index is -0.208. The van der Waals surface area contributed by atoms with Crippen molar-refractivity contribution in [3.63, 3.8) is 0 Å². The second kappa shape index (κ2) is 4.75. The molecule has 1 atom stereocenters. The predicted molar refractivity (Wildman–Crippen MR) is 62.7 cm³/mol. The van der Waals surface area contributed by atoms with Gasteiger partial charge in [-0.2, -0.15) is 0 Å². The van der Waals surface area contributed by atoms with E-state index in [-0.39, 0.29) is 11.9 Å². The molecule has 0 saturated carbocycles. The predicted octanol–water partition coefficient (Wildman–Crippen LogP) is 3.39. The summed E-state index contributed by atoms with van der Waals surface area (Å²) in [7, 11) is 0. The number of hydrogen-bond donors (Lipinski definition) is 1. The number of halogens is 1. The summed E-state index contributed by atoms with van der Waals surface area (Å²) in [6.07, 6.45) is 3.45. The molecule has 1 aromatic heterocycles. The average Bonchev–Trinajstić information content (AvgIpc) is 2.30. The Morgan fingerprint density at radius 2 is 1.94 bits per heavy atom. The van der Waals surface area contributed by atoms with Crippen LogP contribution in [0.4, 0.5) is 10.1 Å². The molecule has 16 heavy (non-hydrogen) atoms. The summed E-state index contributed by atoms with van der Waals surface area (Å²) in [5.74, 6) is -0.208. The Morgan fingerprint density at radius 3 is 2.62 bits per heavy atom. The molecular formula is C13H13FN2. The van der Waals surface area contributed by atoms with Gasteiger partial charge in [-0.05, 0) is 36.8 Å². The Bertz CT molecular complexity index is 456. The van der Waals surface area contributed by atoms with Crippen molar-refractivity contribution in [1.82, 2.24) is 4.98 Å². The Hall–Kier alpha value is -1.90. The first-order valence-electron chi connectivity index (χ1n) is 5.18. The summed E-state index contributed by atoms with van der Waals surface area (Å²) in [6.45, 7) is 2.00. The third-order valence-corrected chi connectivity index (χ3v) is 2.41. The lowest BCUT2D eigenvalue weighted by molar-refractivity contribution is 0.623. The van der Waals surface area contributed by atoms with E-state index in [1.54, 1.807) is 24.5 Å². The van der Waals surface area contributed by atoms with Crippen molar-refractivity contribution in [3.8, 4) is 0 Å². The first kappa shape index (κ1) is 10.6. The topological polar surface area (TPSA) is 24.9 Å². The second-order valence-electron chi connectivity index (χ2n) is 3.66. The van der Waals surface area contributed by atoms with Crippen molar-refractivity contribution in [3.05, 3.63) is 60.2 Å². The average molecular weight is 216 g/mol. The van der Waals surface area contributed by atoms with Gasteiger partial charge in [-0.25, -0.2) is 4.39 Å². The van der Waals surface area contributed by atoms with E-state index in [2.05, 4.69) is 10.3 Å². The third kappa shape index (κ3) is 2.57. The molecule has 0 aliphatic heterocycles. The van der Waals surface area contributed by atoms with Crippen LogP contribution in [0.15, 0.2) is 48.8 Å². The van der Waals surface area contributed by atoms with Crippen molar-refractivity contribution in [1.29, 1.82) is 0 Å². The van der Waals surface area contributed by atoms with Gasteiger partial charge in [0.15, 0.2) is 0 Å². The van der Waals surface area contributed by atoms with Crippen LogP contribution in [0.25, 0.3) is 0 Å². The van der Waals surface area contributed by atoms with Gasteiger partial charge in [0.05, 0.1) is 0 Å². The maximum absolute atomic E-state index is 13.0. The molecule has 1 unspecified atom stereocenters. The minimum Gasteiger partial charge on any atom is -0.378 e. The Labute approximate surface area is 94.2 Å². The SMILES string of the molecule is CC(Nc1ccncc1)c1cccc(F)c1. The Kier molecular flexibility index (Phi) is 3.15. The van der Waals surface area contributed by atoms with Crippen LogP contribution in [-0.4, -0.2) is 4.98 Å². The minimum absolute atomic E-state index is 0.0677. The van der Waals surface area contributed by atoms with Crippen LogP contribution < -0.4 is 5.32 Å². The van der Waals surface area contributed by atoms with Crippen LogP contribution in [0.5, 0.6) is 0 Å². The summed E-state index contributed by atoms with van der Waals surface area (Å²) < 4.78 is 13.0. The van der Waals surface area contributed by atoms with Gasteiger partial charge in [0.25, 0.3) is 0 Å². The zero-order valence-corrected chi connectivity index (χ0v) is 9.02. The van der Waals surface area contributed by atoms with E-state index in [1.807, 2.05) is 25.1 Å². The molecule has 2 aromatic rings. The van der Waals surface area contributed by atoms with Crippen molar-refractivity contribution in [2.24, 2.45) is 0 Å². The largest absolute Gasteiger partial charge is 0.378 e. The zero-order valence-electron chi connectivity index (χ0n) is 9.02. The number of aromatic nitrogens is 1. The van der Waals surface area contributed by atoms with Crippen LogP contribution in [-0.2, 0) is 0 Å². The fourth-order valence-corrected chi connectivity index (χ4v) is 1.56. The molecule has 2 nitrogen and oxygen atoms in total. The number of hydrogen-bond acceptors (Lipinski definition) is 2. The summed E-state index contributed by atoms with van der Waals surface area (Å²) >= 11 is 0. The Balaban J connectivity index is 2.12. The lowest BCUT2D eigenvalue weighted by atomic mass is 10.1. The molecule has 0 radical (unpaired) electrons. The molecular weight excluding hydrogens is 203 g/mol. The van der Waals surface area contributed by atoms with Crippen LogP contribution in [0.1, 0.15) is 18.5 Å². The molecule has 0 spiro atoms. The molecule has 1 aromatic carbocycles. The number of nitrogens with one attached hydrogen (secondary N) is 1. The second-order valence-corrected chi connectivity index (χ2v) is 3.66.